The highest BCUT2D eigenvalue weighted by atomic mass is 35.5. The number of carbonyl (C=O) groups excluding carboxylic acids is 2. The Bertz CT molecular complexity index is 501. The van der Waals surface area contributed by atoms with Gasteiger partial charge in [-0.1, -0.05) is 6.92 Å². The zero-order valence-corrected chi connectivity index (χ0v) is 14.5. The number of rotatable bonds is 6. The summed E-state index contributed by atoms with van der Waals surface area (Å²) in [6, 6.07) is -0.215. The summed E-state index contributed by atoms with van der Waals surface area (Å²) in [6.07, 6.45) is 0.945. The van der Waals surface area contributed by atoms with E-state index in [-0.39, 0.29) is 36.7 Å². The highest BCUT2D eigenvalue weighted by Gasteiger charge is 2.23. The predicted octanol–water partition coefficient (Wildman–Crippen LogP) is 2.89. The number of esters is 1. The van der Waals surface area contributed by atoms with Crippen LogP contribution in [0, 0.1) is 6.92 Å². The molecular formula is C14H23ClN2O3S. The van der Waals surface area contributed by atoms with Crippen LogP contribution in [0.5, 0.6) is 0 Å². The Morgan fingerprint density at radius 3 is 2.48 bits per heavy atom. The fourth-order valence-electron chi connectivity index (χ4n) is 1.98. The zero-order chi connectivity index (χ0) is 15.3. The van der Waals surface area contributed by atoms with Gasteiger partial charge in [0.05, 0.1) is 12.2 Å². The number of nitrogens with two attached hydrogens (primary N) is 1. The lowest BCUT2D eigenvalue weighted by Gasteiger charge is -2.09. The minimum absolute atomic E-state index is 0. The molecule has 0 bridgehead atoms. The molecule has 0 spiro atoms. The van der Waals surface area contributed by atoms with Gasteiger partial charge in [-0.3, -0.25) is 4.79 Å². The summed E-state index contributed by atoms with van der Waals surface area (Å²) < 4.78 is 5.08. The number of nitrogens with one attached hydrogen (secondary N) is 1. The van der Waals surface area contributed by atoms with Crippen molar-refractivity contribution in [2.75, 3.05) is 11.9 Å². The number of ether oxygens (including phenoxy) is 1. The quantitative estimate of drug-likeness (QED) is 0.784. The molecule has 1 unspecified atom stereocenters. The molecule has 5 nitrogen and oxygen atoms in total. The Morgan fingerprint density at radius 1 is 1.38 bits per heavy atom. The van der Waals surface area contributed by atoms with Crippen molar-refractivity contribution in [1.82, 2.24) is 0 Å². The number of anilines is 1. The van der Waals surface area contributed by atoms with E-state index in [9.17, 15) is 9.59 Å². The van der Waals surface area contributed by atoms with Crippen molar-refractivity contribution in [3.8, 4) is 0 Å². The van der Waals surface area contributed by atoms with E-state index in [4.69, 9.17) is 10.5 Å². The average molecular weight is 335 g/mol. The third kappa shape index (κ3) is 5.30. The summed E-state index contributed by atoms with van der Waals surface area (Å²) in [5.74, 6) is -0.570. The fraction of sp³-hybridized carbons (Fsp3) is 0.571. The van der Waals surface area contributed by atoms with Crippen molar-refractivity contribution in [3.63, 3.8) is 0 Å². The second kappa shape index (κ2) is 9.02. The molecule has 0 aliphatic heterocycles. The number of hydrogen-bond donors (Lipinski definition) is 2. The topological polar surface area (TPSA) is 81.4 Å². The zero-order valence-electron chi connectivity index (χ0n) is 12.8. The Hall–Kier alpha value is -1.11. The first-order valence-electron chi connectivity index (χ1n) is 6.75. The summed E-state index contributed by atoms with van der Waals surface area (Å²) >= 11 is 1.40. The molecule has 1 heterocycles. The van der Waals surface area contributed by atoms with E-state index < -0.39 is 0 Å². The van der Waals surface area contributed by atoms with Crippen LogP contribution in [0.25, 0.3) is 0 Å². The van der Waals surface area contributed by atoms with Crippen molar-refractivity contribution < 1.29 is 14.3 Å². The molecule has 0 radical (unpaired) electrons. The molecule has 0 saturated carbocycles. The molecule has 1 aromatic rings. The van der Waals surface area contributed by atoms with Gasteiger partial charge < -0.3 is 15.8 Å². The van der Waals surface area contributed by atoms with Crippen molar-refractivity contribution in [2.24, 2.45) is 5.73 Å². The standard InChI is InChI=1S/C14H22N2O3S.ClH/c1-5-10-9(4)20-13(12(10)14(18)19-6-2)16-11(17)7-8(3)15;/h8H,5-7,15H2,1-4H3,(H,16,17);1H. The molecule has 1 atom stereocenters. The van der Waals surface area contributed by atoms with Crippen LogP contribution >= 0.6 is 23.7 Å². The number of amides is 1. The average Bonchev–Trinajstić information content (AvgIpc) is 2.63. The van der Waals surface area contributed by atoms with E-state index in [1.165, 1.54) is 11.3 Å². The first-order chi connectivity index (χ1) is 9.40. The number of aryl methyl sites for hydroxylation is 1. The largest absolute Gasteiger partial charge is 0.462 e. The van der Waals surface area contributed by atoms with Crippen LogP contribution in [0.1, 0.15) is 48.0 Å². The SMILES string of the molecule is CCOC(=O)c1c(NC(=O)CC(C)N)sc(C)c1CC.Cl. The highest BCUT2D eigenvalue weighted by Crippen LogP contribution is 2.34. The van der Waals surface area contributed by atoms with Crippen molar-refractivity contribution in [3.05, 3.63) is 16.0 Å². The number of carbonyl (C=O) groups is 2. The lowest BCUT2D eigenvalue weighted by molar-refractivity contribution is -0.116. The van der Waals surface area contributed by atoms with E-state index in [2.05, 4.69) is 5.32 Å². The van der Waals surface area contributed by atoms with Gasteiger partial charge in [0.1, 0.15) is 5.00 Å². The van der Waals surface area contributed by atoms with Gasteiger partial charge in [0.2, 0.25) is 5.91 Å². The van der Waals surface area contributed by atoms with Gasteiger partial charge in [-0.05, 0) is 32.8 Å². The molecular weight excluding hydrogens is 312 g/mol. The highest BCUT2D eigenvalue weighted by molar-refractivity contribution is 7.16. The van der Waals surface area contributed by atoms with E-state index >= 15 is 0 Å². The molecule has 1 amide bonds. The third-order valence-corrected chi connectivity index (χ3v) is 3.87. The van der Waals surface area contributed by atoms with Gasteiger partial charge in [-0.2, -0.15) is 0 Å². The van der Waals surface area contributed by atoms with Crippen LogP contribution in [-0.4, -0.2) is 24.5 Å². The van der Waals surface area contributed by atoms with Crippen LogP contribution in [0.15, 0.2) is 0 Å². The van der Waals surface area contributed by atoms with Crippen LogP contribution in [-0.2, 0) is 16.0 Å². The minimum atomic E-state index is -0.384. The molecule has 0 fully saturated rings. The van der Waals surface area contributed by atoms with Gasteiger partial charge >= 0.3 is 5.97 Å². The normalized spacial score (nSPS) is 11.5. The molecule has 1 aromatic heterocycles. The van der Waals surface area contributed by atoms with Crippen LogP contribution < -0.4 is 11.1 Å². The number of hydrogen-bond acceptors (Lipinski definition) is 5. The molecule has 7 heteroatoms. The number of halogens is 1. The van der Waals surface area contributed by atoms with E-state index in [0.717, 1.165) is 16.9 Å². The van der Waals surface area contributed by atoms with E-state index in [0.29, 0.717) is 17.2 Å². The van der Waals surface area contributed by atoms with Gasteiger partial charge in [-0.25, -0.2) is 4.79 Å². The Labute approximate surface area is 135 Å². The van der Waals surface area contributed by atoms with E-state index in [1.807, 2.05) is 13.8 Å². The molecule has 0 aromatic carbocycles. The molecule has 0 aliphatic carbocycles. The summed E-state index contributed by atoms with van der Waals surface area (Å²) in [5, 5.41) is 3.33. The van der Waals surface area contributed by atoms with E-state index in [1.54, 1.807) is 13.8 Å². The third-order valence-electron chi connectivity index (χ3n) is 2.80. The molecule has 21 heavy (non-hydrogen) atoms. The van der Waals surface area contributed by atoms with Crippen LogP contribution in [0.2, 0.25) is 0 Å². The second-order valence-electron chi connectivity index (χ2n) is 4.64. The summed E-state index contributed by atoms with van der Waals surface area (Å²) in [6.45, 7) is 7.75. The Morgan fingerprint density at radius 2 is 2.00 bits per heavy atom. The maximum atomic E-state index is 12.1. The van der Waals surface area contributed by atoms with Gasteiger partial charge in [0.25, 0.3) is 0 Å². The molecule has 0 aliphatic rings. The van der Waals surface area contributed by atoms with Crippen LogP contribution in [0.4, 0.5) is 5.00 Å². The summed E-state index contributed by atoms with van der Waals surface area (Å²) in [7, 11) is 0. The smallest absolute Gasteiger partial charge is 0.341 e. The van der Waals surface area contributed by atoms with Crippen molar-refractivity contribution >= 4 is 40.6 Å². The Balaban J connectivity index is 0.00000400. The monoisotopic (exact) mass is 334 g/mol. The van der Waals surface area contributed by atoms with Crippen LogP contribution in [0.3, 0.4) is 0 Å². The number of thiophene rings is 1. The first-order valence-corrected chi connectivity index (χ1v) is 7.57. The molecule has 120 valence electrons. The van der Waals surface area contributed by atoms with Crippen molar-refractivity contribution in [2.45, 2.75) is 46.6 Å². The maximum Gasteiger partial charge on any atom is 0.341 e. The minimum Gasteiger partial charge on any atom is -0.462 e. The maximum absolute atomic E-state index is 12.1. The van der Waals surface area contributed by atoms with Gasteiger partial charge in [0.15, 0.2) is 0 Å². The molecule has 3 N–H and O–H groups in total. The summed E-state index contributed by atoms with van der Waals surface area (Å²) in [4.78, 5) is 24.9. The first kappa shape index (κ1) is 19.9. The summed E-state index contributed by atoms with van der Waals surface area (Å²) in [5.41, 5.74) is 7.02. The predicted molar refractivity (Wildman–Crippen MR) is 88.5 cm³/mol. The molecule has 0 saturated heterocycles. The van der Waals surface area contributed by atoms with Crippen molar-refractivity contribution in [1.29, 1.82) is 0 Å². The molecule has 1 rings (SSSR count). The Kier molecular flexibility index (Phi) is 8.54. The second-order valence-corrected chi connectivity index (χ2v) is 5.87. The lowest BCUT2D eigenvalue weighted by Crippen LogP contribution is -2.24. The fourth-order valence-corrected chi connectivity index (χ4v) is 3.13. The van der Waals surface area contributed by atoms with Gasteiger partial charge in [-0.15, -0.1) is 23.7 Å². The lowest BCUT2D eigenvalue weighted by atomic mass is 10.1. The van der Waals surface area contributed by atoms with Gasteiger partial charge in [0, 0.05) is 17.3 Å².